The number of carbonyl (C=O) groups excluding carboxylic acids is 1. The normalized spacial score (nSPS) is 23.2. The number of ether oxygens (including phenoxy) is 1. The zero-order chi connectivity index (χ0) is 19.8. The molecule has 0 aromatic carbocycles. The number of aliphatic hydroxyl groups excluding tert-OH is 1. The van der Waals surface area contributed by atoms with Crippen LogP contribution in [0.1, 0.15) is 61.0 Å². The van der Waals surface area contributed by atoms with Crippen molar-refractivity contribution in [1.82, 2.24) is 14.5 Å². The number of fused-ring (bicyclic) bond motifs is 1. The molecular weight excluding hydrogens is 360 g/mol. The number of aliphatic hydroxyl groups is 1. The number of rotatable bonds is 4. The van der Waals surface area contributed by atoms with Crippen LogP contribution in [-0.4, -0.2) is 50.8 Å². The molecule has 28 heavy (non-hydrogen) atoms. The third-order valence-corrected chi connectivity index (χ3v) is 5.89. The fraction of sp³-hybridized carbons (Fsp3) is 0.600. The smallest absolute Gasteiger partial charge is 0.263 e. The number of nitrogens with zero attached hydrogens (tertiary/aromatic N) is 3. The lowest BCUT2D eigenvalue weighted by Gasteiger charge is -2.28. The first-order chi connectivity index (χ1) is 13.5. The quantitative estimate of drug-likeness (QED) is 0.774. The lowest BCUT2D eigenvalue weighted by Crippen LogP contribution is -2.42. The lowest BCUT2D eigenvalue weighted by atomic mass is 10.0. The van der Waals surface area contributed by atoms with Crippen LogP contribution in [-0.2, 0) is 4.74 Å². The Bertz CT molecular complexity index is 965. The van der Waals surface area contributed by atoms with E-state index < -0.39 is 6.10 Å². The average molecular weight is 386 g/mol. The van der Waals surface area contributed by atoms with Crippen LogP contribution < -0.4 is 10.9 Å². The van der Waals surface area contributed by atoms with Gasteiger partial charge in [0.1, 0.15) is 5.65 Å². The van der Waals surface area contributed by atoms with Crippen molar-refractivity contribution in [3.05, 3.63) is 27.7 Å². The van der Waals surface area contributed by atoms with Crippen molar-refractivity contribution in [1.29, 1.82) is 0 Å². The van der Waals surface area contributed by atoms with Crippen LogP contribution in [0.3, 0.4) is 0 Å². The van der Waals surface area contributed by atoms with E-state index in [1.807, 2.05) is 0 Å². The highest BCUT2D eigenvalue weighted by Crippen LogP contribution is 2.32. The summed E-state index contributed by atoms with van der Waals surface area (Å²) in [6.45, 7) is 4.05. The largest absolute Gasteiger partial charge is 0.389 e. The van der Waals surface area contributed by atoms with E-state index >= 15 is 0 Å². The first-order valence-electron chi connectivity index (χ1n) is 9.92. The molecule has 1 aliphatic carbocycles. The predicted molar refractivity (Wildman–Crippen MR) is 105 cm³/mol. The molecule has 0 bridgehead atoms. The molecule has 2 aromatic heterocycles. The van der Waals surface area contributed by atoms with Crippen LogP contribution in [0.5, 0.6) is 0 Å². The second-order valence-corrected chi connectivity index (χ2v) is 7.78. The van der Waals surface area contributed by atoms with E-state index in [2.05, 4.69) is 15.3 Å². The summed E-state index contributed by atoms with van der Waals surface area (Å²) in [4.78, 5) is 34.4. The highest BCUT2D eigenvalue weighted by molar-refractivity contribution is 5.99. The van der Waals surface area contributed by atoms with Crippen LogP contribution >= 0.6 is 0 Å². The minimum Gasteiger partial charge on any atom is -0.389 e. The Labute approximate surface area is 162 Å². The van der Waals surface area contributed by atoms with Crippen molar-refractivity contribution >= 4 is 22.8 Å². The summed E-state index contributed by atoms with van der Waals surface area (Å²) < 4.78 is 6.96. The maximum absolute atomic E-state index is 13.2. The van der Waals surface area contributed by atoms with Gasteiger partial charge in [-0.3, -0.25) is 14.2 Å². The van der Waals surface area contributed by atoms with Crippen molar-refractivity contribution in [3.8, 4) is 0 Å². The number of ketones is 1. The predicted octanol–water partition coefficient (Wildman–Crippen LogP) is 1.98. The highest BCUT2D eigenvalue weighted by atomic mass is 16.5. The van der Waals surface area contributed by atoms with Crippen molar-refractivity contribution in [3.63, 3.8) is 0 Å². The van der Waals surface area contributed by atoms with Crippen LogP contribution in [0.2, 0.25) is 0 Å². The zero-order valence-electron chi connectivity index (χ0n) is 16.3. The number of nitrogens with one attached hydrogen (secondary N) is 1. The van der Waals surface area contributed by atoms with Gasteiger partial charge < -0.3 is 15.2 Å². The molecule has 0 unspecified atom stereocenters. The molecular formula is C20H26N4O4. The first kappa shape index (κ1) is 19.0. The van der Waals surface area contributed by atoms with Crippen LogP contribution in [0.4, 0.5) is 5.95 Å². The van der Waals surface area contributed by atoms with Crippen molar-refractivity contribution in [2.75, 3.05) is 18.5 Å². The molecule has 0 spiro atoms. The van der Waals surface area contributed by atoms with Gasteiger partial charge >= 0.3 is 0 Å². The Balaban J connectivity index is 1.84. The van der Waals surface area contributed by atoms with E-state index in [9.17, 15) is 14.7 Å². The first-order valence-corrected chi connectivity index (χ1v) is 9.92. The molecule has 0 amide bonds. The van der Waals surface area contributed by atoms with Gasteiger partial charge in [-0.25, -0.2) is 4.98 Å². The molecule has 1 saturated carbocycles. The van der Waals surface area contributed by atoms with Gasteiger partial charge in [-0.2, -0.15) is 4.98 Å². The SMILES string of the molecule is CC(=O)c1c(C)c2cnc(N[C@@H]3CCOC[C@@H]3O)nc2n(C2CCCC2)c1=O. The molecule has 2 aromatic rings. The van der Waals surface area contributed by atoms with Gasteiger partial charge in [0.05, 0.1) is 24.3 Å². The highest BCUT2D eigenvalue weighted by Gasteiger charge is 2.27. The topological polar surface area (TPSA) is 106 Å². The number of pyridine rings is 1. The number of aromatic nitrogens is 3. The van der Waals surface area contributed by atoms with E-state index in [0.717, 1.165) is 31.1 Å². The van der Waals surface area contributed by atoms with Crippen molar-refractivity contribution in [2.24, 2.45) is 0 Å². The third kappa shape index (κ3) is 3.31. The van der Waals surface area contributed by atoms with E-state index in [-0.39, 0.29) is 35.6 Å². The minimum atomic E-state index is -0.633. The number of hydrogen-bond acceptors (Lipinski definition) is 7. The Morgan fingerprint density at radius 3 is 2.75 bits per heavy atom. The minimum absolute atomic E-state index is 0.0464. The van der Waals surface area contributed by atoms with Gasteiger partial charge in [-0.05, 0) is 38.7 Å². The molecule has 1 aliphatic heterocycles. The van der Waals surface area contributed by atoms with E-state index in [0.29, 0.717) is 30.2 Å². The molecule has 8 nitrogen and oxygen atoms in total. The van der Waals surface area contributed by atoms with Gasteiger partial charge in [0, 0.05) is 24.2 Å². The van der Waals surface area contributed by atoms with Crippen LogP contribution in [0.15, 0.2) is 11.0 Å². The third-order valence-electron chi connectivity index (χ3n) is 5.89. The summed E-state index contributed by atoms with van der Waals surface area (Å²) >= 11 is 0. The molecule has 2 aliphatic rings. The zero-order valence-corrected chi connectivity index (χ0v) is 16.3. The number of aryl methyl sites for hydroxylation is 1. The number of Topliss-reactive ketones (excluding diaryl/α,β-unsaturated/α-hetero) is 1. The molecule has 1 saturated heterocycles. The monoisotopic (exact) mass is 386 g/mol. The molecule has 3 heterocycles. The maximum Gasteiger partial charge on any atom is 0.263 e. The molecule has 2 fully saturated rings. The van der Waals surface area contributed by atoms with E-state index in [4.69, 9.17) is 4.74 Å². The standard InChI is InChI=1S/C20H26N4O4/c1-11-14-9-21-20(22-15-7-8-28-10-16(15)26)23-18(14)24(13-5-3-4-6-13)19(27)17(11)12(2)25/h9,13,15-16,26H,3-8,10H2,1-2H3,(H,21,22,23)/t15-,16+/m1/s1. The van der Waals surface area contributed by atoms with Crippen LogP contribution in [0.25, 0.3) is 11.0 Å². The van der Waals surface area contributed by atoms with Gasteiger partial charge in [-0.15, -0.1) is 0 Å². The summed E-state index contributed by atoms with van der Waals surface area (Å²) in [5, 5.41) is 14.0. The van der Waals surface area contributed by atoms with E-state index in [1.54, 1.807) is 17.7 Å². The summed E-state index contributed by atoms with van der Waals surface area (Å²) in [5.41, 5.74) is 1.14. The number of carbonyl (C=O) groups is 1. The number of hydrogen-bond donors (Lipinski definition) is 2. The molecule has 0 radical (unpaired) electrons. The van der Waals surface area contributed by atoms with Crippen molar-refractivity contribution < 1.29 is 14.6 Å². The molecule has 2 atom stereocenters. The molecule has 150 valence electrons. The fourth-order valence-electron chi connectivity index (χ4n) is 4.38. The van der Waals surface area contributed by atoms with Crippen LogP contribution in [0, 0.1) is 6.92 Å². The van der Waals surface area contributed by atoms with Gasteiger partial charge in [0.15, 0.2) is 5.78 Å². The van der Waals surface area contributed by atoms with Gasteiger partial charge in [0.25, 0.3) is 5.56 Å². The van der Waals surface area contributed by atoms with E-state index in [1.165, 1.54) is 6.92 Å². The number of anilines is 1. The average Bonchev–Trinajstić information content (AvgIpc) is 3.17. The summed E-state index contributed by atoms with van der Waals surface area (Å²) in [6.07, 6.45) is 5.62. The molecule has 2 N–H and O–H groups in total. The summed E-state index contributed by atoms with van der Waals surface area (Å²) in [5.74, 6) is 0.142. The summed E-state index contributed by atoms with van der Waals surface area (Å²) in [7, 11) is 0. The Hall–Kier alpha value is -2.32. The van der Waals surface area contributed by atoms with Crippen molar-refractivity contribution in [2.45, 2.75) is 64.1 Å². The molecule has 4 rings (SSSR count). The second kappa shape index (κ2) is 7.60. The Morgan fingerprint density at radius 1 is 1.32 bits per heavy atom. The van der Waals surface area contributed by atoms with Gasteiger partial charge in [-0.1, -0.05) is 12.8 Å². The molecule has 8 heteroatoms. The Morgan fingerprint density at radius 2 is 2.07 bits per heavy atom. The fourth-order valence-corrected chi connectivity index (χ4v) is 4.38. The second-order valence-electron chi connectivity index (χ2n) is 7.78. The summed E-state index contributed by atoms with van der Waals surface area (Å²) in [6, 6.07) is -0.152. The Kier molecular flexibility index (Phi) is 5.16. The lowest BCUT2D eigenvalue weighted by molar-refractivity contribution is -0.0136. The maximum atomic E-state index is 13.2. The van der Waals surface area contributed by atoms with Gasteiger partial charge in [0.2, 0.25) is 5.95 Å².